The third kappa shape index (κ3) is 2.72. The van der Waals surface area contributed by atoms with Gasteiger partial charge in [-0.15, -0.1) is 0 Å². The van der Waals surface area contributed by atoms with Crippen LogP contribution in [0, 0.1) is 0 Å². The van der Waals surface area contributed by atoms with Crippen molar-refractivity contribution in [2.45, 2.75) is 26.2 Å². The molecule has 0 saturated carbocycles. The molecule has 0 aliphatic heterocycles. The van der Waals surface area contributed by atoms with Gasteiger partial charge in [-0.05, 0) is 25.0 Å². The Morgan fingerprint density at radius 3 is 2.81 bits per heavy atom. The number of anilines is 1. The predicted molar refractivity (Wildman–Crippen MR) is 85.3 cm³/mol. The molecule has 3 rings (SSSR count). The largest absolute Gasteiger partial charge is 0.454 e. The van der Waals surface area contributed by atoms with Crippen LogP contribution in [0.3, 0.4) is 0 Å². The van der Waals surface area contributed by atoms with E-state index in [1.807, 2.05) is 30.3 Å². The first kappa shape index (κ1) is 13.9. The smallest absolute Gasteiger partial charge is 0.222 e. The number of furan rings is 1. The maximum atomic E-state index is 6.25. The SMILES string of the molecule is CCCCc1c(Cl)nc(N)nc1-c1cc2ccccc2o1. The Hall–Kier alpha value is -2.07. The molecule has 5 heteroatoms. The van der Waals surface area contributed by atoms with Gasteiger partial charge in [-0.3, -0.25) is 0 Å². The van der Waals surface area contributed by atoms with E-state index < -0.39 is 0 Å². The molecule has 2 aromatic heterocycles. The van der Waals surface area contributed by atoms with Crippen molar-refractivity contribution in [2.75, 3.05) is 5.73 Å². The summed E-state index contributed by atoms with van der Waals surface area (Å²) in [7, 11) is 0. The van der Waals surface area contributed by atoms with Gasteiger partial charge in [0.1, 0.15) is 16.4 Å². The van der Waals surface area contributed by atoms with Crippen molar-refractivity contribution < 1.29 is 4.42 Å². The first-order chi connectivity index (χ1) is 10.2. The first-order valence-corrected chi connectivity index (χ1v) is 7.37. The molecule has 0 aliphatic carbocycles. The van der Waals surface area contributed by atoms with E-state index in [2.05, 4.69) is 16.9 Å². The van der Waals surface area contributed by atoms with Gasteiger partial charge < -0.3 is 10.2 Å². The van der Waals surface area contributed by atoms with Crippen LogP contribution >= 0.6 is 11.6 Å². The molecule has 0 radical (unpaired) electrons. The minimum atomic E-state index is 0.163. The summed E-state index contributed by atoms with van der Waals surface area (Å²) in [5, 5.41) is 1.44. The fraction of sp³-hybridized carbons (Fsp3) is 0.250. The molecule has 2 N–H and O–H groups in total. The fourth-order valence-corrected chi connectivity index (χ4v) is 2.62. The third-order valence-electron chi connectivity index (χ3n) is 3.41. The van der Waals surface area contributed by atoms with Crippen LogP contribution in [0.15, 0.2) is 34.7 Å². The highest BCUT2D eigenvalue weighted by atomic mass is 35.5. The average molecular weight is 302 g/mol. The molecule has 0 amide bonds. The molecule has 2 heterocycles. The van der Waals surface area contributed by atoms with E-state index in [9.17, 15) is 0 Å². The number of hydrogen-bond donors (Lipinski definition) is 1. The van der Waals surface area contributed by atoms with E-state index in [4.69, 9.17) is 21.8 Å². The molecule has 108 valence electrons. The third-order valence-corrected chi connectivity index (χ3v) is 3.73. The predicted octanol–water partition coefficient (Wildman–Crippen LogP) is 4.47. The van der Waals surface area contributed by atoms with Gasteiger partial charge in [0.05, 0.1) is 0 Å². The second-order valence-electron chi connectivity index (χ2n) is 4.95. The lowest BCUT2D eigenvalue weighted by molar-refractivity contribution is 0.626. The Balaban J connectivity index is 2.15. The highest BCUT2D eigenvalue weighted by molar-refractivity contribution is 6.30. The van der Waals surface area contributed by atoms with Crippen LogP contribution in [-0.2, 0) is 6.42 Å². The van der Waals surface area contributed by atoms with E-state index in [1.54, 1.807) is 0 Å². The highest BCUT2D eigenvalue weighted by Gasteiger charge is 2.17. The lowest BCUT2D eigenvalue weighted by atomic mass is 10.1. The number of nitrogens with zero attached hydrogens (tertiary/aromatic N) is 2. The molecule has 0 aliphatic rings. The number of halogens is 1. The van der Waals surface area contributed by atoms with Crippen molar-refractivity contribution >= 4 is 28.5 Å². The van der Waals surface area contributed by atoms with Gasteiger partial charge in [-0.2, -0.15) is 0 Å². The number of aromatic nitrogens is 2. The average Bonchev–Trinajstić information content (AvgIpc) is 2.89. The van der Waals surface area contributed by atoms with Gasteiger partial charge in [0.15, 0.2) is 5.76 Å². The number of benzene rings is 1. The number of hydrogen-bond acceptors (Lipinski definition) is 4. The zero-order valence-electron chi connectivity index (χ0n) is 11.8. The molecule has 1 aromatic carbocycles. The molecule has 21 heavy (non-hydrogen) atoms. The van der Waals surface area contributed by atoms with Crippen molar-refractivity contribution in [1.29, 1.82) is 0 Å². The van der Waals surface area contributed by atoms with Gasteiger partial charge >= 0.3 is 0 Å². The van der Waals surface area contributed by atoms with Gasteiger partial charge in [0.25, 0.3) is 0 Å². The Kier molecular flexibility index (Phi) is 3.80. The summed E-state index contributed by atoms with van der Waals surface area (Å²) >= 11 is 6.25. The zero-order valence-corrected chi connectivity index (χ0v) is 12.5. The molecule has 0 saturated heterocycles. The van der Waals surface area contributed by atoms with Crippen molar-refractivity contribution in [3.05, 3.63) is 41.0 Å². The van der Waals surface area contributed by atoms with E-state index in [1.165, 1.54) is 0 Å². The zero-order chi connectivity index (χ0) is 14.8. The first-order valence-electron chi connectivity index (χ1n) is 7.00. The Morgan fingerprint density at radius 2 is 2.05 bits per heavy atom. The summed E-state index contributed by atoms with van der Waals surface area (Å²) in [5.74, 6) is 0.842. The Morgan fingerprint density at radius 1 is 1.24 bits per heavy atom. The highest BCUT2D eigenvalue weighted by Crippen LogP contribution is 2.32. The summed E-state index contributed by atoms with van der Waals surface area (Å²) in [6.07, 6.45) is 2.89. The fourth-order valence-electron chi connectivity index (χ4n) is 2.35. The van der Waals surface area contributed by atoms with Crippen LogP contribution in [0.5, 0.6) is 0 Å². The molecule has 0 fully saturated rings. The molecule has 0 unspecified atom stereocenters. The normalized spacial score (nSPS) is 11.1. The number of unbranched alkanes of at least 4 members (excludes halogenated alkanes) is 1. The molecule has 3 aromatic rings. The number of fused-ring (bicyclic) bond motifs is 1. The quantitative estimate of drug-likeness (QED) is 0.722. The van der Waals surface area contributed by atoms with Crippen molar-refractivity contribution in [1.82, 2.24) is 9.97 Å². The molecule has 4 nitrogen and oxygen atoms in total. The standard InChI is InChI=1S/C16H16ClN3O/c1-2-3-7-11-14(19-16(18)20-15(11)17)13-9-10-6-4-5-8-12(10)21-13/h4-6,8-9H,2-3,7H2,1H3,(H2,18,19,20). The topological polar surface area (TPSA) is 64.9 Å². The monoisotopic (exact) mass is 301 g/mol. The maximum absolute atomic E-state index is 6.25. The molecule has 0 spiro atoms. The molecule has 0 atom stereocenters. The summed E-state index contributed by atoms with van der Waals surface area (Å²) in [5.41, 5.74) is 8.15. The van der Waals surface area contributed by atoms with E-state index >= 15 is 0 Å². The van der Waals surface area contributed by atoms with Gasteiger partial charge in [0.2, 0.25) is 5.95 Å². The molecular formula is C16H16ClN3O. The van der Waals surface area contributed by atoms with Gasteiger partial charge in [0, 0.05) is 10.9 Å². The second-order valence-corrected chi connectivity index (χ2v) is 5.31. The van der Waals surface area contributed by atoms with Crippen molar-refractivity contribution in [3.8, 4) is 11.5 Å². The minimum Gasteiger partial charge on any atom is -0.454 e. The van der Waals surface area contributed by atoms with Crippen LogP contribution < -0.4 is 5.73 Å². The van der Waals surface area contributed by atoms with Crippen LogP contribution in [0.1, 0.15) is 25.3 Å². The van der Waals surface area contributed by atoms with E-state index in [0.717, 1.165) is 35.8 Å². The van der Waals surface area contributed by atoms with Crippen LogP contribution in [0.25, 0.3) is 22.4 Å². The number of para-hydroxylation sites is 1. The number of nitrogens with two attached hydrogens (primary N) is 1. The summed E-state index contributed by atoms with van der Waals surface area (Å²) in [6.45, 7) is 2.13. The van der Waals surface area contributed by atoms with E-state index in [0.29, 0.717) is 16.6 Å². The summed E-state index contributed by atoms with van der Waals surface area (Å²) in [6, 6.07) is 9.80. The lowest BCUT2D eigenvalue weighted by Crippen LogP contribution is -2.02. The number of nitrogen functional groups attached to an aromatic ring is 1. The van der Waals surface area contributed by atoms with Crippen molar-refractivity contribution in [3.63, 3.8) is 0 Å². The summed E-state index contributed by atoms with van der Waals surface area (Å²) < 4.78 is 5.88. The van der Waals surface area contributed by atoms with Crippen molar-refractivity contribution in [2.24, 2.45) is 0 Å². The maximum Gasteiger partial charge on any atom is 0.222 e. The Labute approximate surface area is 128 Å². The number of rotatable bonds is 4. The Bertz CT molecular complexity index is 749. The van der Waals surface area contributed by atoms with Crippen LogP contribution in [0.2, 0.25) is 5.15 Å². The van der Waals surface area contributed by atoms with Crippen LogP contribution in [-0.4, -0.2) is 9.97 Å². The second kappa shape index (κ2) is 5.74. The summed E-state index contributed by atoms with van der Waals surface area (Å²) in [4.78, 5) is 8.40. The molecule has 0 bridgehead atoms. The lowest BCUT2D eigenvalue weighted by Gasteiger charge is -2.08. The van der Waals surface area contributed by atoms with Gasteiger partial charge in [-0.1, -0.05) is 43.1 Å². The van der Waals surface area contributed by atoms with Gasteiger partial charge in [-0.25, -0.2) is 9.97 Å². The van der Waals surface area contributed by atoms with E-state index in [-0.39, 0.29) is 5.95 Å². The molecular weight excluding hydrogens is 286 g/mol. The minimum absolute atomic E-state index is 0.163. The van der Waals surface area contributed by atoms with Crippen LogP contribution in [0.4, 0.5) is 5.95 Å².